The van der Waals surface area contributed by atoms with Crippen LogP contribution in [-0.4, -0.2) is 35.1 Å². The molecule has 8 heteroatoms. The molecule has 0 saturated carbocycles. The van der Waals surface area contributed by atoms with Crippen LogP contribution in [0.5, 0.6) is 0 Å². The van der Waals surface area contributed by atoms with Crippen LogP contribution in [0, 0.1) is 18.3 Å². The number of rotatable bonds is 6. The van der Waals surface area contributed by atoms with Gasteiger partial charge in [-0.25, -0.2) is 0 Å². The molecule has 0 spiro atoms. The van der Waals surface area contributed by atoms with E-state index in [0.717, 1.165) is 11.8 Å². The zero-order valence-corrected chi connectivity index (χ0v) is 10.5. The second kappa shape index (κ2) is 7.34. The second-order valence-corrected chi connectivity index (χ2v) is 4.17. The van der Waals surface area contributed by atoms with E-state index >= 15 is 0 Å². The Hall–Kier alpha value is -2.01. The fourth-order valence-electron chi connectivity index (χ4n) is 0.986. The molecule has 0 aliphatic rings. The van der Waals surface area contributed by atoms with E-state index in [1.165, 1.54) is 0 Å². The van der Waals surface area contributed by atoms with Gasteiger partial charge in [-0.05, 0) is 6.92 Å². The SMILES string of the molecule is Cc1cc(NC(=O)CSCC(=O)OCC#N)no1. The first-order valence-electron chi connectivity index (χ1n) is 4.95. The van der Waals surface area contributed by atoms with Gasteiger partial charge in [0.2, 0.25) is 5.91 Å². The van der Waals surface area contributed by atoms with Crippen LogP contribution >= 0.6 is 11.8 Å². The average Bonchev–Trinajstić information content (AvgIpc) is 2.72. The van der Waals surface area contributed by atoms with Crippen LogP contribution in [0.1, 0.15) is 5.76 Å². The van der Waals surface area contributed by atoms with Crippen LogP contribution in [-0.2, 0) is 14.3 Å². The van der Waals surface area contributed by atoms with Crippen molar-refractivity contribution in [1.82, 2.24) is 5.16 Å². The summed E-state index contributed by atoms with van der Waals surface area (Å²) in [6.45, 7) is 1.44. The number of anilines is 1. The summed E-state index contributed by atoms with van der Waals surface area (Å²) in [5.41, 5.74) is 0. The molecule has 0 aliphatic carbocycles. The van der Waals surface area contributed by atoms with Crippen molar-refractivity contribution in [3.63, 3.8) is 0 Å². The van der Waals surface area contributed by atoms with Crippen LogP contribution in [0.4, 0.5) is 5.82 Å². The fraction of sp³-hybridized carbons (Fsp3) is 0.400. The minimum Gasteiger partial charge on any atom is -0.450 e. The van der Waals surface area contributed by atoms with E-state index in [4.69, 9.17) is 9.78 Å². The number of hydrogen-bond acceptors (Lipinski definition) is 7. The van der Waals surface area contributed by atoms with Crippen LogP contribution < -0.4 is 5.32 Å². The average molecular weight is 269 g/mol. The molecule has 96 valence electrons. The summed E-state index contributed by atoms with van der Waals surface area (Å²) >= 11 is 1.09. The monoisotopic (exact) mass is 269 g/mol. The van der Waals surface area contributed by atoms with Crippen LogP contribution in [0.3, 0.4) is 0 Å². The van der Waals surface area contributed by atoms with E-state index in [-0.39, 0.29) is 24.0 Å². The normalized spacial score (nSPS) is 9.56. The highest BCUT2D eigenvalue weighted by Gasteiger charge is 2.08. The van der Waals surface area contributed by atoms with E-state index in [0.29, 0.717) is 11.6 Å². The maximum Gasteiger partial charge on any atom is 0.316 e. The minimum atomic E-state index is -0.522. The maximum absolute atomic E-state index is 11.4. The quantitative estimate of drug-likeness (QED) is 0.758. The number of aromatic nitrogens is 1. The Morgan fingerprint density at radius 3 is 3.00 bits per heavy atom. The highest BCUT2D eigenvalue weighted by Crippen LogP contribution is 2.08. The number of carbonyl (C=O) groups is 2. The number of amides is 1. The predicted molar refractivity (Wildman–Crippen MR) is 63.8 cm³/mol. The van der Waals surface area contributed by atoms with Gasteiger partial charge >= 0.3 is 5.97 Å². The van der Waals surface area contributed by atoms with Gasteiger partial charge in [-0.15, -0.1) is 11.8 Å². The van der Waals surface area contributed by atoms with Crippen molar-refractivity contribution >= 4 is 29.5 Å². The van der Waals surface area contributed by atoms with Crippen LogP contribution in [0.25, 0.3) is 0 Å². The number of esters is 1. The molecule has 0 atom stereocenters. The molecule has 7 nitrogen and oxygen atoms in total. The van der Waals surface area contributed by atoms with Gasteiger partial charge in [-0.1, -0.05) is 5.16 Å². The lowest BCUT2D eigenvalue weighted by molar-refractivity contribution is -0.139. The topological polar surface area (TPSA) is 105 Å². The third-order valence-corrected chi connectivity index (χ3v) is 2.55. The van der Waals surface area contributed by atoms with Gasteiger partial charge in [0.05, 0.1) is 11.5 Å². The fourth-order valence-corrected chi connectivity index (χ4v) is 1.60. The van der Waals surface area contributed by atoms with Gasteiger partial charge in [0, 0.05) is 6.07 Å². The minimum absolute atomic E-state index is 0.0208. The molecule has 0 aromatic carbocycles. The Bertz CT molecular complexity index is 466. The van der Waals surface area contributed by atoms with Crippen molar-refractivity contribution in [3.05, 3.63) is 11.8 Å². The Balaban J connectivity index is 2.18. The number of nitrogens with one attached hydrogen (secondary N) is 1. The number of aryl methyl sites for hydroxylation is 1. The molecule has 1 aromatic rings. The summed E-state index contributed by atoms with van der Waals surface area (Å²) in [4.78, 5) is 22.4. The Labute approximate surface area is 107 Å². The third kappa shape index (κ3) is 5.36. The zero-order valence-electron chi connectivity index (χ0n) is 9.63. The summed E-state index contributed by atoms with van der Waals surface area (Å²) < 4.78 is 9.29. The number of carbonyl (C=O) groups excluding carboxylic acids is 2. The molecule has 1 N–H and O–H groups in total. The summed E-state index contributed by atoms with van der Waals surface area (Å²) in [7, 11) is 0. The van der Waals surface area contributed by atoms with Gasteiger partial charge in [-0.2, -0.15) is 5.26 Å². The molecule has 0 radical (unpaired) electrons. The largest absolute Gasteiger partial charge is 0.450 e. The molecule has 18 heavy (non-hydrogen) atoms. The van der Waals surface area contributed by atoms with Crippen LogP contribution in [0.2, 0.25) is 0 Å². The third-order valence-electron chi connectivity index (χ3n) is 1.65. The van der Waals surface area contributed by atoms with Crippen molar-refractivity contribution in [2.45, 2.75) is 6.92 Å². The van der Waals surface area contributed by atoms with Gasteiger partial charge in [0.15, 0.2) is 12.4 Å². The molecule has 0 saturated heterocycles. The molecular formula is C10H11N3O4S. The Morgan fingerprint density at radius 1 is 1.61 bits per heavy atom. The Kier molecular flexibility index (Phi) is 5.73. The molecule has 0 aliphatic heterocycles. The highest BCUT2D eigenvalue weighted by atomic mass is 32.2. The van der Waals surface area contributed by atoms with Crippen molar-refractivity contribution in [2.75, 3.05) is 23.4 Å². The summed E-state index contributed by atoms with van der Waals surface area (Å²) in [5, 5.41) is 14.3. The van der Waals surface area contributed by atoms with Crippen LogP contribution in [0.15, 0.2) is 10.6 Å². The molecular weight excluding hydrogens is 258 g/mol. The lowest BCUT2D eigenvalue weighted by Gasteiger charge is -2.01. The summed E-state index contributed by atoms with van der Waals surface area (Å²) in [5.74, 6) is 0.233. The molecule has 1 amide bonds. The first kappa shape index (κ1) is 14.1. The predicted octanol–water partition coefficient (Wildman–Crippen LogP) is 0.721. The van der Waals surface area contributed by atoms with Gasteiger partial charge in [0.25, 0.3) is 0 Å². The van der Waals surface area contributed by atoms with E-state index < -0.39 is 5.97 Å². The van der Waals surface area contributed by atoms with E-state index in [9.17, 15) is 9.59 Å². The Morgan fingerprint density at radius 2 is 2.39 bits per heavy atom. The zero-order chi connectivity index (χ0) is 13.4. The molecule has 1 aromatic heterocycles. The van der Waals surface area contributed by atoms with E-state index in [2.05, 4.69) is 15.2 Å². The highest BCUT2D eigenvalue weighted by molar-refractivity contribution is 8.00. The van der Waals surface area contributed by atoms with E-state index in [1.807, 2.05) is 0 Å². The lowest BCUT2D eigenvalue weighted by Crippen LogP contribution is -2.16. The number of nitriles is 1. The van der Waals surface area contributed by atoms with Gasteiger partial charge in [0.1, 0.15) is 11.8 Å². The van der Waals surface area contributed by atoms with Crippen molar-refractivity contribution in [3.8, 4) is 6.07 Å². The number of thioether (sulfide) groups is 1. The first-order chi connectivity index (χ1) is 8.61. The van der Waals surface area contributed by atoms with E-state index in [1.54, 1.807) is 19.1 Å². The molecule has 1 heterocycles. The van der Waals surface area contributed by atoms with Crippen molar-refractivity contribution in [2.24, 2.45) is 0 Å². The first-order valence-corrected chi connectivity index (χ1v) is 6.11. The molecule has 0 unspecified atom stereocenters. The molecule has 0 bridgehead atoms. The standard InChI is InChI=1S/C10H11N3O4S/c1-7-4-8(13-17-7)12-9(14)5-18-6-10(15)16-3-2-11/h4H,3,5-6H2,1H3,(H,12,13,14). The number of hydrogen-bond donors (Lipinski definition) is 1. The smallest absolute Gasteiger partial charge is 0.316 e. The van der Waals surface area contributed by atoms with Crippen molar-refractivity contribution in [1.29, 1.82) is 5.26 Å². The number of ether oxygens (including phenoxy) is 1. The molecule has 0 fully saturated rings. The van der Waals surface area contributed by atoms with Crippen molar-refractivity contribution < 1.29 is 18.8 Å². The molecule has 1 rings (SSSR count). The number of nitrogens with zero attached hydrogens (tertiary/aromatic N) is 2. The second-order valence-electron chi connectivity index (χ2n) is 3.18. The van der Waals surface area contributed by atoms with Gasteiger partial charge < -0.3 is 14.6 Å². The van der Waals surface area contributed by atoms with Gasteiger partial charge in [-0.3, -0.25) is 9.59 Å². The lowest BCUT2D eigenvalue weighted by atomic mass is 10.5. The summed E-state index contributed by atoms with van der Waals surface area (Å²) in [6.07, 6.45) is 0. The maximum atomic E-state index is 11.4. The summed E-state index contributed by atoms with van der Waals surface area (Å²) in [6, 6.07) is 3.27.